The third-order valence-electron chi connectivity index (χ3n) is 2.89. The molecule has 0 aliphatic carbocycles. The molecule has 3 nitrogen and oxygen atoms in total. The van der Waals surface area contributed by atoms with Gasteiger partial charge in [0.1, 0.15) is 0 Å². The SMILES string of the molecule is CCCCC(CC)COCC(O)CNCC(F)F. The highest BCUT2D eigenvalue weighted by atomic mass is 19.3. The zero-order valence-corrected chi connectivity index (χ0v) is 11.5. The van der Waals surface area contributed by atoms with Gasteiger partial charge in [-0.1, -0.05) is 33.1 Å². The van der Waals surface area contributed by atoms with Gasteiger partial charge in [0.05, 0.1) is 19.3 Å². The standard InChI is InChI=1S/C13H27F2NO2/c1-3-5-6-11(4-2)9-18-10-12(17)7-16-8-13(14)15/h11-13,16-17H,3-10H2,1-2H3. The van der Waals surface area contributed by atoms with E-state index < -0.39 is 12.5 Å². The van der Waals surface area contributed by atoms with Crippen molar-refractivity contribution in [1.82, 2.24) is 5.32 Å². The number of halogens is 2. The summed E-state index contributed by atoms with van der Waals surface area (Å²) in [7, 11) is 0. The highest BCUT2D eigenvalue weighted by Crippen LogP contribution is 2.12. The van der Waals surface area contributed by atoms with Crippen LogP contribution >= 0.6 is 0 Å². The maximum absolute atomic E-state index is 11.8. The van der Waals surface area contributed by atoms with Crippen LogP contribution in [0.4, 0.5) is 8.78 Å². The van der Waals surface area contributed by atoms with Crippen LogP contribution in [0.1, 0.15) is 39.5 Å². The number of unbranched alkanes of at least 4 members (excludes halogenated alkanes) is 1. The van der Waals surface area contributed by atoms with Crippen molar-refractivity contribution in [3.8, 4) is 0 Å². The molecule has 0 amide bonds. The zero-order chi connectivity index (χ0) is 13.8. The number of rotatable bonds is 12. The molecule has 0 bridgehead atoms. The molecule has 5 heteroatoms. The summed E-state index contributed by atoms with van der Waals surface area (Å²) in [6.45, 7) is 4.90. The van der Waals surface area contributed by atoms with Crippen molar-refractivity contribution in [2.75, 3.05) is 26.3 Å². The third-order valence-corrected chi connectivity index (χ3v) is 2.89. The predicted molar refractivity (Wildman–Crippen MR) is 69.0 cm³/mol. The van der Waals surface area contributed by atoms with E-state index in [-0.39, 0.29) is 19.7 Å². The highest BCUT2D eigenvalue weighted by Gasteiger charge is 2.09. The van der Waals surface area contributed by atoms with Crippen LogP contribution in [0.2, 0.25) is 0 Å². The number of nitrogens with one attached hydrogen (secondary N) is 1. The van der Waals surface area contributed by atoms with E-state index in [9.17, 15) is 13.9 Å². The second-order valence-corrected chi connectivity index (χ2v) is 4.66. The van der Waals surface area contributed by atoms with Gasteiger partial charge in [0.15, 0.2) is 0 Å². The molecule has 0 saturated heterocycles. The first-order valence-electron chi connectivity index (χ1n) is 6.84. The molecule has 2 atom stereocenters. The Morgan fingerprint density at radius 1 is 1.17 bits per heavy atom. The Morgan fingerprint density at radius 3 is 2.44 bits per heavy atom. The molecule has 0 radical (unpaired) electrons. The lowest BCUT2D eigenvalue weighted by atomic mass is 10.0. The fourth-order valence-corrected chi connectivity index (χ4v) is 1.69. The normalized spacial score (nSPS) is 15.0. The van der Waals surface area contributed by atoms with Gasteiger partial charge in [-0.3, -0.25) is 0 Å². The van der Waals surface area contributed by atoms with Crippen molar-refractivity contribution in [3.05, 3.63) is 0 Å². The molecule has 2 unspecified atom stereocenters. The van der Waals surface area contributed by atoms with Gasteiger partial charge in [-0.25, -0.2) is 8.78 Å². The van der Waals surface area contributed by atoms with Gasteiger partial charge < -0.3 is 15.2 Å². The molecular formula is C13H27F2NO2. The second-order valence-electron chi connectivity index (χ2n) is 4.66. The van der Waals surface area contributed by atoms with E-state index in [0.29, 0.717) is 12.5 Å². The maximum atomic E-state index is 11.8. The van der Waals surface area contributed by atoms with Crippen LogP contribution in [-0.2, 0) is 4.74 Å². The van der Waals surface area contributed by atoms with Gasteiger partial charge in [-0.2, -0.15) is 0 Å². The van der Waals surface area contributed by atoms with Crippen LogP contribution in [0, 0.1) is 5.92 Å². The Balaban J connectivity index is 3.49. The van der Waals surface area contributed by atoms with E-state index in [1.54, 1.807) is 0 Å². The molecule has 0 saturated carbocycles. The number of hydrogen-bond acceptors (Lipinski definition) is 3. The predicted octanol–water partition coefficient (Wildman–Crippen LogP) is 2.44. The lowest BCUT2D eigenvalue weighted by Gasteiger charge is -2.17. The van der Waals surface area contributed by atoms with Crippen LogP contribution in [0.3, 0.4) is 0 Å². The van der Waals surface area contributed by atoms with E-state index in [2.05, 4.69) is 19.2 Å². The van der Waals surface area contributed by atoms with Crippen LogP contribution in [0.15, 0.2) is 0 Å². The monoisotopic (exact) mass is 267 g/mol. The van der Waals surface area contributed by atoms with Crippen LogP contribution in [0.5, 0.6) is 0 Å². The van der Waals surface area contributed by atoms with E-state index in [1.165, 1.54) is 12.8 Å². The Morgan fingerprint density at radius 2 is 1.89 bits per heavy atom. The minimum atomic E-state index is -2.38. The molecule has 2 N–H and O–H groups in total. The molecule has 0 aromatic carbocycles. The largest absolute Gasteiger partial charge is 0.389 e. The minimum absolute atomic E-state index is 0.149. The number of aliphatic hydroxyl groups is 1. The molecule has 0 aliphatic rings. The van der Waals surface area contributed by atoms with E-state index in [4.69, 9.17) is 4.74 Å². The van der Waals surface area contributed by atoms with Gasteiger partial charge in [-0.05, 0) is 12.3 Å². The zero-order valence-electron chi connectivity index (χ0n) is 11.5. The lowest BCUT2D eigenvalue weighted by molar-refractivity contribution is 0.0176. The molecule has 0 heterocycles. The van der Waals surface area contributed by atoms with E-state index >= 15 is 0 Å². The number of alkyl halides is 2. The summed E-state index contributed by atoms with van der Waals surface area (Å²) in [4.78, 5) is 0. The lowest BCUT2D eigenvalue weighted by Crippen LogP contribution is -2.33. The van der Waals surface area contributed by atoms with Crippen molar-refractivity contribution in [2.45, 2.75) is 52.1 Å². The van der Waals surface area contributed by atoms with Crippen molar-refractivity contribution in [2.24, 2.45) is 5.92 Å². The summed E-state index contributed by atoms with van der Waals surface area (Å²) in [6.07, 6.45) is 1.49. The fourth-order valence-electron chi connectivity index (χ4n) is 1.69. The summed E-state index contributed by atoms with van der Waals surface area (Å²) in [5.41, 5.74) is 0. The first-order valence-corrected chi connectivity index (χ1v) is 6.84. The van der Waals surface area contributed by atoms with Gasteiger partial charge in [-0.15, -0.1) is 0 Å². The van der Waals surface area contributed by atoms with E-state index in [0.717, 1.165) is 12.8 Å². The van der Waals surface area contributed by atoms with Crippen LogP contribution < -0.4 is 5.32 Å². The quantitative estimate of drug-likeness (QED) is 0.570. The van der Waals surface area contributed by atoms with Gasteiger partial charge >= 0.3 is 0 Å². The van der Waals surface area contributed by atoms with Gasteiger partial charge in [0.25, 0.3) is 6.43 Å². The second kappa shape index (κ2) is 11.8. The Hall–Kier alpha value is -0.260. The molecule has 110 valence electrons. The molecular weight excluding hydrogens is 240 g/mol. The first-order chi connectivity index (χ1) is 8.60. The number of ether oxygens (including phenoxy) is 1. The summed E-state index contributed by atoms with van der Waals surface area (Å²) in [5.74, 6) is 0.533. The average molecular weight is 267 g/mol. The summed E-state index contributed by atoms with van der Waals surface area (Å²) in [6, 6.07) is 0. The smallest absolute Gasteiger partial charge is 0.250 e. The topological polar surface area (TPSA) is 41.5 Å². The summed E-state index contributed by atoms with van der Waals surface area (Å²) >= 11 is 0. The Kier molecular flexibility index (Phi) is 11.6. The van der Waals surface area contributed by atoms with Crippen LogP contribution in [-0.4, -0.2) is 43.9 Å². The van der Waals surface area contributed by atoms with E-state index in [1.807, 2.05) is 0 Å². The molecule has 0 aromatic rings. The van der Waals surface area contributed by atoms with Crippen LogP contribution in [0.25, 0.3) is 0 Å². The Labute approximate surface area is 109 Å². The average Bonchev–Trinajstić information content (AvgIpc) is 2.33. The molecule has 18 heavy (non-hydrogen) atoms. The molecule has 0 spiro atoms. The maximum Gasteiger partial charge on any atom is 0.250 e. The minimum Gasteiger partial charge on any atom is -0.389 e. The van der Waals surface area contributed by atoms with Crippen molar-refractivity contribution in [1.29, 1.82) is 0 Å². The first kappa shape index (κ1) is 17.7. The molecule has 0 rings (SSSR count). The third kappa shape index (κ3) is 10.9. The molecule has 0 aromatic heterocycles. The number of aliphatic hydroxyl groups excluding tert-OH is 1. The van der Waals surface area contributed by atoms with Crippen molar-refractivity contribution >= 4 is 0 Å². The summed E-state index contributed by atoms with van der Waals surface area (Å²) < 4.78 is 29.1. The molecule has 0 fully saturated rings. The molecule has 0 aliphatic heterocycles. The van der Waals surface area contributed by atoms with Crippen molar-refractivity contribution < 1.29 is 18.6 Å². The van der Waals surface area contributed by atoms with Gasteiger partial charge in [0, 0.05) is 13.2 Å². The summed E-state index contributed by atoms with van der Waals surface area (Å²) in [5, 5.41) is 12.0. The number of hydrogen-bond donors (Lipinski definition) is 2. The highest BCUT2D eigenvalue weighted by molar-refractivity contribution is 4.61. The van der Waals surface area contributed by atoms with Gasteiger partial charge in [0.2, 0.25) is 0 Å². The Bertz CT molecular complexity index is 182. The fraction of sp³-hybridized carbons (Fsp3) is 1.00. The van der Waals surface area contributed by atoms with Crippen molar-refractivity contribution in [3.63, 3.8) is 0 Å².